The monoisotopic (exact) mass is 452 g/mol. The number of rotatable bonds is 2. The Morgan fingerprint density at radius 1 is 0.909 bits per heavy atom. The smallest absolute Gasteiger partial charge is 0.248 e. The van der Waals surface area contributed by atoms with Gasteiger partial charge in [0.05, 0.1) is 4.88 Å². The molecule has 2 aromatic carbocycles. The van der Waals surface area contributed by atoms with E-state index < -0.39 is 0 Å². The molecular formula is C28H24N2O2S. The average molecular weight is 453 g/mol. The third-order valence-corrected chi connectivity index (χ3v) is 7.82. The van der Waals surface area contributed by atoms with Gasteiger partial charge < -0.3 is 4.98 Å². The number of ketones is 1. The second-order valence-corrected chi connectivity index (χ2v) is 9.80. The van der Waals surface area contributed by atoms with Gasteiger partial charge in [0.2, 0.25) is 5.56 Å². The van der Waals surface area contributed by atoms with Crippen LogP contribution in [0.4, 0.5) is 0 Å². The van der Waals surface area contributed by atoms with E-state index in [1.165, 1.54) is 16.7 Å². The van der Waals surface area contributed by atoms with Crippen LogP contribution < -0.4 is 5.56 Å². The highest BCUT2D eigenvalue weighted by molar-refractivity contribution is 7.12. The van der Waals surface area contributed by atoms with Crippen molar-refractivity contribution in [3.05, 3.63) is 109 Å². The molecule has 1 aliphatic carbocycles. The number of thiophene rings is 1. The number of carbonyl (C=O) groups excluding carboxylic acids is 1. The van der Waals surface area contributed by atoms with Crippen LogP contribution in [0.5, 0.6) is 0 Å². The molecule has 2 aromatic heterocycles. The third-order valence-electron chi connectivity index (χ3n) is 6.87. The number of benzene rings is 2. The first-order valence-corrected chi connectivity index (χ1v) is 12.3. The van der Waals surface area contributed by atoms with Gasteiger partial charge in [0.25, 0.3) is 0 Å². The Labute approximate surface area is 196 Å². The van der Waals surface area contributed by atoms with Crippen molar-refractivity contribution >= 4 is 33.6 Å². The number of aromatic amines is 1. The van der Waals surface area contributed by atoms with Gasteiger partial charge in [-0.3, -0.25) is 14.5 Å². The number of para-hydroxylation sites is 1. The van der Waals surface area contributed by atoms with E-state index in [1.807, 2.05) is 29.6 Å². The Morgan fingerprint density at radius 2 is 1.70 bits per heavy atom. The predicted molar refractivity (Wildman–Crippen MR) is 134 cm³/mol. The van der Waals surface area contributed by atoms with Gasteiger partial charge in [0.1, 0.15) is 0 Å². The number of Topliss-reactive ketones (excluding diaryl/α,β-unsaturated/α-hetero) is 1. The van der Waals surface area contributed by atoms with Gasteiger partial charge >= 0.3 is 0 Å². The number of piperidine rings is 1. The van der Waals surface area contributed by atoms with Gasteiger partial charge in [-0.25, -0.2) is 0 Å². The van der Waals surface area contributed by atoms with E-state index in [4.69, 9.17) is 0 Å². The predicted octanol–water partition coefficient (Wildman–Crippen LogP) is 5.43. The van der Waals surface area contributed by atoms with Crippen molar-refractivity contribution in [3.63, 3.8) is 0 Å². The minimum absolute atomic E-state index is 0.0479. The number of hydrogen-bond acceptors (Lipinski definition) is 4. The minimum Gasteiger partial charge on any atom is -0.322 e. The maximum absolute atomic E-state index is 12.9. The molecule has 1 aliphatic heterocycles. The van der Waals surface area contributed by atoms with Crippen molar-refractivity contribution in [1.29, 1.82) is 0 Å². The molecule has 1 N–H and O–H groups in total. The summed E-state index contributed by atoms with van der Waals surface area (Å²) in [7, 11) is 0. The molecule has 33 heavy (non-hydrogen) atoms. The molecule has 2 aliphatic rings. The molecule has 0 saturated carbocycles. The molecule has 3 heterocycles. The molecule has 0 amide bonds. The van der Waals surface area contributed by atoms with Crippen molar-refractivity contribution in [3.8, 4) is 0 Å². The van der Waals surface area contributed by atoms with Crippen LogP contribution in [0.25, 0.3) is 16.5 Å². The van der Waals surface area contributed by atoms with Crippen molar-refractivity contribution in [2.45, 2.75) is 25.8 Å². The number of nitrogens with zero attached hydrogens (tertiary/aromatic N) is 1. The SMILES string of the molecule is O=C1Cc2ccccc2C(=C2CCN(Cc3cc(=O)[nH]c4ccccc34)CC2)c2ccsc21. The zero-order valence-corrected chi connectivity index (χ0v) is 19.1. The van der Waals surface area contributed by atoms with E-state index in [0.29, 0.717) is 6.42 Å². The fourth-order valence-corrected chi connectivity index (χ4v) is 6.14. The number of pyridine rings is 1. The van der Waals surface area contributed by atoms with E-state index in [1.54, 1.807) is 17.4 Å². The van der Waals surface area contributed by atoms with Gasteiger partial charge in [0, 0.05) is 48.6 Å². The lowest BCUT2D eigenvalue weighted by Crippen LogP contribution is -2.31. The van der Waals surface area contributed by atoms with Crippen molar-refractivity contribution in [2.75, 3.05) is 13.1 Å². The molecule has 0 bridgehead atoms. The van der Waals surface area contributed by atoms with Crippen molar-refractivity contribution in [1.82, 2.24) is 9.88 Å². The fraction of sp³-hybridized carbons (Fsp3) is 0.214. The molecule has 0 atom stereocenters. The number of H-pyrrole nitrogens is 1. The number of nitrogens with one attached hydrogen (secondary N) is 1. The zero-order valence-electron chi connectivity index (χ0n) is 18.3. The summed E-state index contributed by atoms with van der Waals surface area (Å²) in [4.78, 5) is 31.3. The highest BCUT2D eigenvalue weighted by atomic mass is 32.1. The highest BCUT2D eigenvalue weighted by Crippen LogP contribution is 2.40. The standard InChI is InChI=1S/C28H24N2O2S/c31-25-15-19-5-1-2-7-22(19)27(23-11-14-33-28(23)25)18-9-12-30(13-10-18)17-20-16-26(32)29-24-8-4-3-6-21(20)24/h1-8,11,14,16H,9-10,12-13,15,17H2,(H,29,32). The first-order chi connectivity index (χ1) is 16.2. The lowest BCUT2D eigenvalue weighted by Gasteiger charge is -2.30. The lowest BCUT2D eigenvalue weighted by molar-refractivity contribution is 0.0997. The molecule has 0 unspecified atom stereocenters. The third kappa shape index (κ3) is 3.67. The van der Waals surface area contributed by atoms with E-state index in [-0.39, 0.29) is 11.3 Å². The van der Waals surface area contributed by atoms with Crippen LogP contribution in [0, 0.1) is 0 Å². The molecule has 0 spiro atoms. The second kappa shape index (κ2) is 8.25. The number of fused-ring (bicyclic) bond motifs is 3. The molecule has 6 rings (SSSR count). The Hall–Kier alpha value is -3.28. The van der Waals surface area contributed by atoms with Gasteiger partial charge in [-0.1, -0.05) is 48.0 Å². The zero-order chi connectivity index (χ0) is 22.4. The quantitative estimate of drug-likeness (QED) is 0.441. The van der Waals surface area contributed by atoms with E-state index in [2.05, 4.69) is 40.2 Å². The van der Waals surface area contributed by atoms with Crippen LogP contribution in [0.1, 0.15) is 44.8 Å². The van der Waals surface area contributed by atoms with E-state index >= 15 is 0 Å². The van der Waals surface area contributed by atoms with E-state index in [9.17, 15) is 9.59 Å². The average Bonchev–Trinajstić information content (AvgIpc) is 3.27. The van der Waals surface area contributed by atoms with Crippen LogP contribution in [0.2, 0.25) is 0 Å². The molecule has 1 fully saturated rings. The molecule has 4 aromatic rings. The largest absolute Gasteiger partial charge is 0.322 e. The van der Waals surface area contributed by atoms with Crippen LogP contribution in [0.15, 0.2) is 76.4 Å². The van der Waals surface area contributed by atoms with Crippen LogP contribution in [0.3, 0.4) is 0 Å². The second-order valence-electron chi connectivity index (χ2n) is 8.88. The normalized spacial score (nSPS) is 16.5. The molecule has 164 valence electrons. The summed E-state index contributed by atoms with van der Waals surface area (Å²) >= 11 is 1.56. The highest BCUT2D eigenvalue weighted by Gasteiger charge is 2.28. The van der Waals surface area contributed by atoms with Crippen LogP contribution in [-0.4, -0.2) is 28.8 Å². The molecule has 0 radical (unpaired) electrons. The van der Waals surface area contributed by atoms with Crippen molar-refractivity contribution in [2.24, 2.45) is 0 Å². The molecule has 1 saturated heterocycles. The number of likely N-dealkylation sites (tertiary alicyclic amines) is 1. The number of hydrogen-bond donors (Lipinski definition) is 1. The Balaban J connectivity index is 1.33. The summed E-state index contributed by atoms with van der Waals surface area (Å²) in [6.45, 7) is 2.65. The summed E-state index contributed by atoms with van der Waals surface area (Å²) in [5.41, 5.74) is 8.09. The molecule has 5 heteroatoms. The summed E-state index contributed by atoms with van der Waals surface area (Å²) in [5, 5.41) is 3.16. The first-order valence-electron chi connectivity index (χ1n) is 11.4. The minimum atomic E-state index is -0.0479. The van der Waals surface area contributed by atoms with E-state index in [0.717, 1.165) is 64.9 Å². The van der Waals surface area contributed by atoms with Gasteiger partial charge in [0.15, 0.2) is 5.78 Å². The Bertz CT molecular complexity index is 1470. The number of carbonyl (C=O) groups is 1. The molecular weight excluding hydrogens is 428 g/mol. The summed E-state index contributed by atoms with van der Waals surface area (Å²) in [6.07, 6.45) is 2.41. The van der Waals surface area contributed by atoms with Crippen molar-refractivity contribution < 1.29 is 4.79 Å². The van der Waals surface area contributed by atoms with Crippen LogP contribution >= 0.6 is 11.3 Å². The van der Waals surface area contributed by atoms with Crippen LogP contribution in [-0.2, 0) is 13.0 Å². The number of aromatic nitrogens is 1. The summed E-state index contributed by atoms with van der Waals surface area (Å²) < 4.78 is 0. The summed E-state index contributed by atoms with van der Waals surface area (Å²) in [6, 6.07) is 20.2. The Kier molecular flexibility index (Phi) is 5.08. The fourth-order valence-electron chi connectivity index (χ4n) is 5.30. The van der Waals surface area contributed by atoms with Gasteiger partial charge in [-0.2, -0.15) is 0 Å². The molecule has 4 nitrogen and oxygen atoms in total. The first kappa shape index (κ1) is 20.3. The maximum Gasteiger partial charge on any atom is 0.248 e. The topological polar surface area (TPSA) is 53.2 Å². The maximum atomic E-state index is 12.9. The lowest BCUT2D eigenvalue weighted by atomic mass is 9.87. The van der Waals surface area contributed by atoms with Gasteiger partial charge in [-0.05, 0) is 52.6 Å². The Morgan fingerprint density at radius 3 is 2.58 bits per heavy atom. The summed E-state index contributed by atoms with van der Waals surface area (Å²) in [5.74, 6) is 0.224. The van der Waals surface area contributed by atoms with Gasteiger partial charge in [-0.15, -0.1) is 11.3 Å².